The van der Waals surface area contributed by atoms with Crippen LogP contribution in [0, 0.1) is 12.3 Å². The van der Waals surface area contributed by atoms with Crippen LogP contribution in [-0.4, -0.2) is 40.1 Å². The Morgan fingerprint density at radius 3 is 2.80 bits per heavy atom. The topological polar surface area (TPSA) is 52.6 Å². The van der Waals surface area contributed by atoms with Crippen molar-refractivity contribution < 1.29 is 9.90 Å². The van der Waals surface area contributed by atoms with E-state index in [-0.39, 0.29) is 17.7 Å². The molecule has 3 fully saturated rings. The number of piperidine rings is 1. The van der Waals surface area contributed by atoms with Crippen molar-refractivity contribution >= 4 is 5.91 Å². The van der Waals surface area contributed by atoms with Crippen LogP contribution in [0.3, 0.4) is 0 Å². The molecule has 4 unspecified atom stereocenters. The van der Waals surface area contributed by atoms with Crippen molar-refractivity contribution in [3.63, 3.8) is 0 Å². The Morgan fingerprint density at radius 2 is 2.12 bits per heavy atom. The van der Waals surface area contributed by atoms with Crippen molar-refractivity contribution in [1.82, 2.24) is 10.2 Å². The lowest BCUT2D eigenvalue weighted by Gasteiger charge is -2.74. The first-order chi connectivity index (χ1) is 12.0. The van der Waals surface area contributed by atoms with Gasteiger partial charge in [0.2, 0.25) is 0 Å². The molecule has 4 nitrogen and oxygen atoms in total. The summed E-state index contributed by atoms with van der Waals surface area (Å²) in [7, 11) is 0. The lowest BCUT2D eigenvalue weighted by atomic mass is 9.46. The van der Waals surface area contributed by atoms with Crippen LogP contribution in [0.5, 0.6) is 5.75 Å². The van der Waals surface area contributed by atoms with Gasteiger partial charge in [0.25, 0.3) is 5.91 Å². The third kappa shape index (κ3) is 2.49. The summed E-state index contributed by atoms with van der Waals surface area (Å²) in [5, 5.41) is 13.2. The molecular formula is C21H30N2O2. The quantitative estimate of drug-likeness (QED) is 0.879. The molecule has 0 radical (unpaired) electrons. The number of aromatic hydroxyl groups is 1. The fourth-order valence-corrected chi connectivity index (χ4v) is 5.61. The molecule has 2 saturated carbocycles. The number of phenols is 1. The van der Waals surface area contributed by atoms with Crippen molar-refractivity contribution in [2.24, 2.45) is 5.41 Å². The summed E-state index contributed by atoms with van der Waals surface area (Å²) in [5.41, 5.74) is 1.94. The maximum atomic E-state index is 12.6. The Bertz CT molecular complexity index is 688. The van der Waals surface area contributed by atoms with Gasteiger partial charge < -0.3 is 10.4 Å². The zero-order chi connectivity index (χ0) is 17.8. The number of nitrogens with one attached hydrogen (secondary N) is 1. The van der Waals surface area contributed by atoms with Crippen molar-refractivity contribution in [1.29, 1.82) is 0 Å². The zero-order valence-electron chi connectivity index (χ0n) is 15.6. The normalized spacial score (nSPS) is 34.9. The van der Waals surface area contributed by atoms with Gasteiger partial charge in [0.15, 0.2) is 0 Å². The minimum atomic E-state index is -0.137. The van der Waals surface area contributed by atoms with Crippen LogP contribution in [0.1, 0.15) is 68.3 Å². The molecular weight excluding hydrogens is 312 g/mol. The van der Waals surface area contributed by atoms with Crippen LogP contribution < -0.4 is 5.32 Å². The first-order valence-electron chi connectivity index (χ1n) is 9.84. The molecule has 1 aliphatic heterocycles. The van der Waals surface area contributed by atoms with Crippen molar-refractivity contribution in [2.75, 3.05) is 0 Å². The molecule has 136 valence electrons. The van der Waals surface area contributed by atoms with Crippen LogP contribution in [0.2, 0.25) is 0 Å². The predicted octanol–water partition coefficient (Wildman–Crippen LogP) is 3.61. The Balaban J connectivity index is 1.45. The molecule has 1 aromatic carbocycles. The number of hydrogen-bond acceptors (Lipinski definition) is 3. The predicted molar refractivity (Wildman–Crippen MR) is 98.8 cm³/mol. The highest BCUT2D eigenvalue weighted by Gasteiger charge is 2.67. The average Bonchev–Trinajstić information content (AvgIpc) is 2.59. The van der Waals surface area contributed by atoms with E-state index in [1.165, 1.54) is 25.7 Å². The summed E-state index contributed by atoms with van der Waals surface area (Å²) < 4.78 is 0. The number of rotatable bonds is 4. The summed E-state index contributed by atoms with van der Waals surface area (Å²) in [6.45, 7) is 6.55. The van der Waals surface area contributed by atoms with Gasteiger partial charge in [-0.05, 0) is 64.5 Å². The Labute approximate surface area is 150 Å². The van der Waals surface area contributed by atoms with Gasteiger partial charge in [0.05, 0.1) is 5.56 Å². The molecule has 1 heterocycles. The number of aryl methyl sites for hydroxylation is 1. The second kappa shape index (κ2) is 6.01. The van der Waals surface area contributed by atoms with E-state index in [0.717, 1.165) is 24.4 Å². The molecule has 3 aliphatic rings. The van der Waals surface area contributed by atoms with E-state index in [1.54, 1.807) is 12.1 Å². The molecule has 0 aromatic heterocycles. The molecule has 1 spiro atoms. The van der Waals surface area contributed by atoms with Crippen LogP contribution in [-0.2, 0) is 0 Å². The number of likely N-dealkylation sites (tertiary alicyclic amines) is 1. The molecule has 1 aromatic rings. The van der Waals surface area contributed by atoms with E-state index in [4.69, 9.17) is 0 Å². The number of phenolic OH excluding ortho intramolecular Hbond substituents is 1. The van der Waals surface area contributed by atoms with E-state index >= 15 is 0 Å². The van der Waals surface area contributed by atoms with E-state index in [1.807, 2.05) is 13.0 Å². The summed E-state index contributed by atoms with van der Waals surface area (Å²) >= 11 is 0. The van der Waals surface area contributed by atoms with Gasteiger partial charge in [-0.2, -0.15) is 0 Å². The average molecular weight is 342 g/mol. The summed E-state index contributed by atoms with van der Waals surface area (Å²) in [4.78, 5) is 15.4. The monoisotopic (exact) mass is 342 g/mol. The lowest BCUT2D eigenvalue weighted by Crippen LogP contribution is -2.80. The van der Waals surface area contributed by atoms with Crippen molar-refractivity contribution in [3.8, 4) is 5.75 Å². The number of carbonyl (C=O) groups excluding carboxylic acids is 1. The third-order valence-corrected chi connectivity index (χ3v) is 7.23. The molecule has 0 bridgehead atoms. The first kappa shape index (κ1) is 16.9. The number of benzene rings is 1. The Kier molecular flexibility index (Phi) is 4.06. The summed E-state index contributed by atoms with van der Waals surface area (Å²) in [5.74, 6) is -0.0685. The standard InChI is InChI=1S/C21H30N2O2/c1-4-14(3)23-18-8-10-21(18)9-7-15(12-19(21)23)22-20(25)16-11-13(2)5-6-17(16)24/h5-6,11,14-15,18-19,24H,4,7-10,12H2,1-3H3,(H,22,25)/t14?,15-,18?,19?,21?/m0/s1. The minimum absolute atomic E-state index is 0.0688. The van der Waals surface area contributed by atoms with Gasteiger partial charge in [0, 0.05) is 29.6 Å². The van der Waals surface area contributed by atoms with E-state index < -0.39 is 0 Å². The highest BCUT2D eigenvalue weighted by molar-refractivity contribution is 5.97. The highest BCUT2D eigenvalue weighted by Crippen LogP contribution is 2.64. The molecule has 2 aliphatic carbocycles. The minimum Gasteiger partial charge on any atom is -0.507 e. The fraction of sp³-hybridized carbons (Fsp3) is 0.667. The lowest BCUT2D eigenvalue weighted by molar-refractivity contribution is -0.241. The Hall–Kier alpha value is -1.55. The van der Waals surface area contributed by atoms with E-state index in [2.05, 4.69) is 24.1 Å². The molecule has 1 saturated heterocycles. The summed E-state index contributed by atoms with van der Waals surface area (Å²) in [6.07, 6.45) is 7.28. The first-order valence-corrected chi connectivity index (χ1v) is 9.84. The smallest absolute Gasteiger partial charge is 0.255 e. The van der Waals surface area contributed by atoms with Crippen LogP contribution in [0.25, 0.3) is 0 Å². The van der Waals surface area contributed by atoms with Crippen LogP contribution >= 0.6 is 0 Å². The number of hydrogen-bond donors (Lipinski definition) is 2. The molecule has 5 atom stereocenters. The second-order valence-corrected chi connectivity index (χ2v) is 8.47. The largest absolute Gasteiger partial charge is 0.507 e. The van der Waals surface area contributed by atoms with Gasteiger partial charge in [-0.25, -0.2) is 0 Å². The van der Waals surface area contributed by atoms with Crippen LogP contribution in [0.15, 0.2) is 18.2 Å². The molecule has 2 N–H and O–H groups in total. The number of nitrogens with zero attached hydrogens (tertiary/aromatic N) is 1. The van der Waals surface area contributed by atoms with Crippen LogP contribution in [0.4, 0.5) is 0 Å². The number of amides is 1. The maximum Gasteiger partial charge on any atom is 0.255 e. The van der Waals surface area contributed by atoms with Gasteiger partial charge in [-0.1, -0.05) is 18.6 Å². The van der Waals surface area contributed by atoms with E-state index in [9.17, 15) is 9.90 Å². The second-order valence-electron chi connectivity index (χ2n) is 8.47. The fourth-order valence-electron chi connectivity index (χ4n) is 5.61. The number of carbonyl (C=O) groups is 1. The SMILES string of the molecule is CCC(C)N1C2CCC23CC[C@H](NC(=O)c2cc(C)ccc2O)CC13. The third-order valence-electron chi connectivity index (χ3n) is 7.23. The van der Waals surface area contributed by atoms with Gasteiger partial charge in [0.1, 0.15) is 5.75 Å². The zero-order valence-corrected chi connectivity index (χ0v) is 15.6. The molecule has 25 heavy (non-hydrogen) atoms. The molecule has 4 heteroatoms. The highest BCUT2D eigenvalue weighted by atomic mass is 16.3. The maximum absolute atomic E-state index is 12.6. The van der Waals surface area contributed by atoms with Gasteiger partial charge >= 0.3 is 0 Å². The van der Waals surface area contributed by atoms with Crippen molar-refractivity contribution in [3.05, 3.63) is 29.3 Å². The molecule has 1 amide bonds. The summed E-state index contributed by atoms with van der Waals surface area (Å²) in [6, 6.07) is 7.48. The van der Waals surface area contributed by atoms with Crippen molar-refractivity contribution in [2.45, 2.75) is 83.5 Å². The van der Waals surface area contributed by atoms with Gasteiger partial charge in [-0.15, -0.1) is 0 Å². The van der Waals surface area contributed by atoms with E-state index in [0.29, 0.717) is 23.1 Å². The van der Waals surface area contributed by atoms with Gasteiger partial charge in [-0.3, -0.25) is 9.69 Å². The Morgan fingerprint density at radius 1 is 1.36 bits per heavy atom. The molecule has 4 rings (SSSR count).